The Kier molecular flexibility index (Phi) is 1.81. The first-order valence-electron chi connectivity index (χ1n) is 4.32. The van der Waals surface area contributed by atoms with E-state index in [0.717, 1.165) is 10.9 Å². The van der Waals surface area contributed by atoms with Crippen LogP contribution in [-0.2, 0) is 0 Å². The number of benzene rings is 1. The predicted molar refractivity (Wildman–Crippen MR) is 52.6 cm³/mol. The maximum atomic E-state index is 11.0. The summed E-state index contributed by atoms with van der Waals surface area (Å²) in [6, 6.07) is 5.12. The Labute approximate surface area is 81.0 Å². The van der Waals surface area contributed by atoms with Gasteiger partial charge >= 0.3 is 0 Å². The number of fused-ring (bicyclic) bond motifs is 1. The average molecular weight is 190 g/mol. The van der Waals surface area contributed by atoms with Crippen LogP contribution in [0.1, 0.15) is 23.0 Å². The van der Waals surface area contributed by atoms with Gasteiger partial charge in [-0.15, -0.1) is 0 Å². The fourth-order valence-electron chi connectivity index (χ4n) is 1.45. The Hall–Kier alpha value is -1.77. The van der Waals surface area contributed by atoms with E-state index < -0.39 is 0 Å². The molecular weight excluding hydrogens is 180 g/mol. The lowest BCUT2D eigenvalue weighted by Gasteiger charge is -1.95. The Bertz CT molecular complexity index is 508. The Morgan fingerprint density at radius 1 is 1.36 bits per heavy atom. The van der Waals surface area contributed by atoms with E-state index in [2.05, 4.69) is 0 Å². The zero-order valence-corrected chi connectivity index (χ0v) is 8.00. The van der Waals surface area contributed by atoms with Crippen molar-refractivity contribution in [1.29, 1.82) is 0 Å². The van der Waals surface area contributed by atoms with E-state index in [9.17, 15) is 9.90 Å². The van der Waals surface area contributed by atoms with Crippen molar-refractivity contribution in [3.63, 3.8) is 0 Å². The van der Waals surface area contributed by atoms with Crippen LogP contribution in [0.4, 0.5) is 0 Å². The highest BCUT2D eigenvalue weighted by Gasteiger charge is 2.10. The van der Waals surface area contributed by atoms with Gasteiger partial charge in [0, 0.05) is 12.3 Å². The maximum absolute atomic E-state index is 11.0. The molecule has 1 aromatic heterocycles. The molecule has 2 aromatic rings. The van der Waals surface area contributed by atoms with Crippen LogP contribution in [0.5, 0.6) is 5.75 Å². The summed E-state index contributed by atoms with van der Waals surface area (Å²) in [5.41, 5.74) is 1.31. The van der Waals surface area contributed by atoms with Gasteiger partial charge in [0.25, 0.3) is 0 Å². The van der Waals surface area contributed by atoms with Crippen LogP contribution in [0, 0.1) is 6.92 Å². The van der Waals surface area contributed by atoms with Crippen LogP contribution >= 0.6 is 0 Å². The first-order chi connectivity index (χ1) is 6.58. The quantitative estimate of drug-likeness (QED) is 0.703. The third-order valence-electron chi connectivity index (χ3n) is 2.09. The summed E-state index contributed by atoms with van der Waals surface area (Å²) >= 11 is 0. The second-order valence-corrected chi connectivity index (χ2v) is 3.37. The molecule has 0 spiro atoms. The van der Waals surface area contributed by atoms with Crippen molar-refractivity contribution in [2.24, 2.45) is 0 Å². The molecule has 0 fully saturated rings. The summed E-state index contributed by atoms with van der Waals surface area (Å²) < 4.78 is 5.22. The van der Waals surface area contributed by atoms with Gasteiger partial charge < -0.3 is 9.52 Å². The van der Waals surface area contributed by atoms with Crippen LogP contribution in [0.3, 0.4) is 0 Å². The summed E-state index contributed by atoms with van der Waals surface area (Å²) in [5, 5.41) is 10.3. The lowest BCUT2D eigenvalue weighted by molar-refractivity contribution is 0.0989. The molecule has 0 radical (unpaired) electrons. The van der Waals surface area contributed by atoms with E-state index in [1.165, 1.54) is 6.92 Å². The molecule has 3 nitrogen and oxygen atoms in total. The summed E-state index contributed by atoms with van der Waals surface area (Å²) in [4.78, 5) is 11.0. The van der Waals surface area contributed by atoms with Crippen LogP contribution in [0.25, 0.3) is 11.0 Å². The molecule has 0 aliphatic heterocycles. The summed E-state index contributed by atoms with van der Waals surface area (Å²) in [6.07, 6.45) is 0. The second kappa shape index (κ2) is 2.87. The molecule has 0 atom stereocenters. The topological polar surface area (TPSA) is 50.4 Å². The summed E-state index contributed by atoms with van der Waals surface area (Å²) in [6.45, 7) is 3.31. The molecule has 1 aromatic carbocycles. The number of ketones is 1. The van der Waals surface area contributed by atoms with Gasteiger partial charge in [-0.05, 0) is 30.7 Å². The van der Waals surface area contributed by atoms with Crippen molar-refractivity contribution in [3.8, 4) is 5.75 Å². The number of furan rings is 1. The molecule has 0 aliphatic rings. The lowest BCUT2D eigenvalue weighted by Crippen LogP contribution is -1.85. The molecule has 1 heterocycles. The largest absolute Gasteiger partial charge is 0.504 e. The number of phenols is 1. The van der Waals surface area contributed by atoms with Gasteiger partial charge in [0.1, 0.15) is 0 Å². The first-order valence-corrected chi connectivity index (χ1v) is 4.32. The minimum atomic E-state index is -0.141. The number of rotatable bonds is 1. The number of hydrogen-bond donors (Lipinski definition) is 1. The van der Waals surface area contributed by atoms with E-state index >= 15 is 0 Å². The third kappa shape index (κ3) is 1.27. The lowest BCUT2D eigenvalue weighted by atomic mass is 10.1. The standard InChI is InChI=1S/C11H10O3/c1-6-3-8-5-10(7(2)12)14-11(8)9(13)4-6/h3-5,13H,1-2H3. The summed E-state index contributed by atoms with van der Waals surface area (Å²) in [5.74, 6) is 0.214. The molecule has 0 aliphatic carbocycles. The van der Waals surface area contributed by atoms with Crippen LogP contribution < -0.4 is 0 Å². The highest BCUT2D eigenvalue weighted by atomic mass is 16.4. The molecule has 1 N–H and O–H groups in total. The first kappa shape index (κ1) is 8.81. The van der Waals surface area contributed by atoms with Crippen molar-refractivity contribution in [3.05, 3.63) is 29.5 Å². The molecular formula is C11H10O3. The van der Waals surface area contributed by atoms with Crippen LogP contribution in [-0.4, -0.2) is 10.9 Å². The number of carbonyl (C=O) groups is 1. The fourth-order valence-corrected chi connectivity index (χ4v) is 1.45. The number of carbonyl (C=O) groups excluding carboxylic acids is 1. The van der Waals surface area contributed by atoms with E-state index in [4.69, 9.17) is 4.42 Å². The van der Waals surface area contributed by atoms with E-state index in [0.29, 0.717) is 5.58 Å². The van der Waals surface area contributed by atoms with Crippen molar-refractivity contribution in [2.45, 2.75) is 13.8 Å². The van der Waals surface area contributed by atoms with Gasteiger partial charge in [0.15, 0.2) is 22.9 Å². The molecule has 3 heteroatoms. The predicted octanol–water partition coefficient (Wildman–Crippen LogP) is 2.65. The number of aromatic hydroxyl groups is 1. The van der Waals surface area contributed by atoms with Gasteiger partial charge in [-0.2, -0.15) is 0 Å². The fraction of sp³-hybridized carbons (Fsp3) is 0.182. The minimum Gasteiger partial charge on any atom is -0.504 e. The zero-order chi connectivity index (χ0) is 10.3. The Morgan fingerprint density at radius 2 is 2.07 bits per heavy atom. The minimum absolute atomic E-state index is 0.0764. The van der Waals surface area contributed by atoms with E-state index in [-0.39, 0.29) is 17.3 Å². The van der Waals surface area contributed by atoms with Gasteiger partial charge in [-0.25, -0.2) is 0 Å². The molecule has 0 saturated carbocycles. The molecule has 0 bridgehead atoms. The van der Waals surface area contributed by atoms with Gasteiger partial charge in [0.05, 0.1) is 0 Å². The van der Waals surface area contributed by atoms with Crippen molar-refractivity contribution < 1.29 is 14.3 Å². The van der Waals surface area contributed by atoms with Gasteiger partial charge in [-0.3, -0.25) is 4.79 Å². The third-order valence-corrected chi connectivity index (χ3v) is 2.09. The zero-order valence-electron chi connectivity index (χ0n) is 8.00. The molecule has 14 heavy (non-hydrogen) atoms. The highest BCUT2D eigenvalue weighted by Crippen LogP contribution is 2.29. The van der Waals surface area contributed by atoms with Crippen molar-refractivity contribution >= 4 is 16.8 Å². The molecule has 72 valence electrons. The Balaban J connectivity index is 2.76. The van der Waals surface area contributed by atoms with Gasteiger partial charge in [-0.1, -0.05) is 0 Å². The monoisotopic (exact) mass is 190 g/mol. The Morgan fingerprint density at radius 3 is 2.71 bits per heavy atom. The average Bonchev–Trinajstić information content (AvgIpc) is 2.47. The van der Waals surface area contributed by atoms with Gasteiger partial charge in [0.2, 0.25) is 0 Å². The number of hydrogen-bond acceptors (Lipinski definition) is 3. The normalized spacial score (nSPS) is 10.7. The highest BCUT2D eigenvalue weighted by molar-refractivity contribution is 5.97. The summed E-state index contributed by atoms with van der Waals surface area (Å²) in [7, 11) is 0. The number of phenolic OH excluding ortho intramolecular Hbond substituents is 1. The van der Waals surface area contributed by atoms with E-state index in [1.54, 1.807) is 12.1 Å². The SMILES string of the molecule is CC(=O)c1cc2cc(C)cc(O)c2o1. The van der Waals surface area contributed by atoms with Crippen LogP contribution in [0.2, 0.25) is 0 Å². The van der Waals surface area contributed by atoms with Crippen LogP contribution in [0.15, 0.2) is 22.6 Å². The number of Topliss-reactive ketones (excluding diaryl/α,β-unsaturated/α-hetero) is 1. The molecule has 2 rings (SSSR count). The molecule has 0 saturated heterocycles. The smallest absolute Gasteiger partial charge is 0.194 e. The maximum Gasteiger partial charge on any atom is 0.194 e. The molecule has 0 unspecified atom stereocenters. The van der Waals surface area contributed by atoms with Crippen molar-refractivity contribution in [1.82, 2.24) is 0 Å². The van der Waals surface area contributed by atoms with E-state index in [1.807, 2.05) is 13.0 Å². The number of aryl methyl sites for hydroxylation is 1. The van der Waals surface area contributed by atoms with Crippen molar-refractivity contribution in [2.75, 3.05) is 0 Å². The molecule has 0 amide bonds. The second-order valence-electron chi connectivity index (χ2n) is 3.37.